The summed E-state index contributed by atoms with van der Waals surface area (Å²) in [7, 11) is 0. The average Bonchev–Trinajstić information content (AvgIpc) is 3.37. The third-order valence-electron chi connectivity index (χ3n) is 14.5. The van der Waals surface area contributed by atoms with Crippen LogP contribution in [0.5, 0.6) is 0 Å². The highest BCUT2D eigenvalue weighted by molar-refractivity contribution is 5.71. The van der Waals surface area contributed by atoms with Gasteiger partial charge in [0.1, 0.15) is 13.2 Å². The van der Waals surface area contributed by atoms with E-state index in [2.05, 4.69) is 45.1 Å². The van der Waals surface area contributed by atoms with Gasteiger partial charge in [0.2, 0.25) is 0 Å². The van der Waals surface area contributed by atoms with Gasteiger partial charge in [0.05, 0.1) is 0 Å². The first-order valence-corrected chi connectivity index (χ1v) is 31.8. The molecular formula is C65H122O6. The van der Waals surface area contributed by atoms with Crippen LogP contribution in [0.15, 0.2) is 24.3 Å². The van der Waals surface area contributed by atoms with E-state index in [9.17, 15) is 14.4 Å². The zero-order valence-electron chi connectivity index (χ0n) is 48.0. The van der Waals surface area contributed by atoms with E-state index in [1.165, 1.54) is 231 Å². The normalized spacial score (nSPS) is 12.1. The molecule has 0 aliphatic rings. The molecule has 0 aliphatic carbocycles. The van der Waals surface area contributed by atoms with Gasteiger partial charge in [-0.3, -0.25) is 14.4 Å². The lowest BCUT2D eigenvalue weighted by molar-refractivity contribution is -0.167. The molecule has 0 aromatic rings. The van der Waals surface area contributed by atoms with Crippen LogP contribution in [0.3, 0.4) is 0 Å². The van der Waals surface area contributed by atoms with Crippen LogP contribution in [0, 0.1) is 0 Å². The summed E-state index contributed by atoms with van der Waals surface area (Å²) in [5, 5.41) is 0. The standard InChI is InChI=1S/C65H122O6/c1-4-7-10-13-16-19-21-23-25-26-27-28-29-30-31-32-33-34-35-36-37-38-39-40-42-43-46-49-52-55-58-64(67)70-61-62(60-69-63(66)57-54-51-48-45-18-15-12-9-6-3)71-65(68)59-56-53-50-47-44-41-24-22-20-17-14-11-8-5-2/h14,17,22,24,62H,4-13,15-16,18-21,23,25-61H2,1-3H3/b17-14-,24-22-. The van der Waals surface area contributed by atoms with Gasteiger partial charge in [-0.2, -0.15) is 0 Å². The maximum Gasteiger partial charge on any atom is 0.306 e. The fourth-order valence-corrected chi connectivity index (χ4v) is 9.64. The molecule has 6 nitrogen and oxygen atoms in total. The lowest BCUT2D eigenvalue weighted by Crippen LogP contribution is -2.30. The molecule has 0 aromatic heterocycles. The summed E-state index contributed by atoms with van der Waals surface area (Å²) in [5.74, 6) is -0.868. The number of unbranched alkanes of at least 4 members (excludes halogenated alkanes) is 44. The summed E-state index contributed by atoms with van der Waals surface area (Å²) in [4.78, 5) is 38.1. The maximum absolute atomic E-state index is 12.8. The van der Waals surface area contributed by atoms with Crippen LogP contribution in [0.4, 0.5) is 0 Å². The molecule has 0 N–H and O–H groups in total. The number of carbonyl (C=O) groups excluding carboxylic acids is 3. The van der Waals surface area contributed by atoms with Crippen molar-refractivity contribution in [3.8, 4) is 0 Å². The third kappa shape index (κ3) is 58.7. The molecule has 0 rings (SSSR count). The topological polar surface area (TPSA) is 78.9 Å². The van der Waals surface area contributed by atoms with Crippen molar-refractivity contribution >= 4 is 17.9 Å². The van der Waals surface area contributed by atoms with Crippen LogP contribution < -0.4 is 0 Å². The van der Waals surface area contributed by atoms with E-state index >= 15 is 0 Å². The van der Waals surface area contributed by atoms with Gasteiger partial charge >= 0.3 is 17.9 Å². The molecule has 0 aromatic carbocycles. The van der Waals surface area contributed by atoms with Crippen molar-refractivity contribution in [2.75, 3.05) is 13.2 Å². The monoisotopic (exact) mass is 999 g/mol. The Morgan fingerprint density at radius 2 is 0.521 bits per heavy atom. The third-order valence-corrected chi connectivity index (χ3v) is 14.5. The van der Waals surface area contributed by atoms with Gasteiger partial charge in [-0.25, -0.2) is 0 Å². The van der Waals surface area contributed by atoms with Gasteiger partial charge in [-0.05, 0) is 44.9 Å². The molecule has 6 heteroatoms. The zero-order chi connectivity index (χ0) is 51.4. The van der Waals surface area contributed by atoms with Crippen LogP contribution in [0.1, 0.15) is 355 Å². The highest BCUT2D eigenvalue weighted by Gasteiger charge is 2.19. The van der Waals surface area contributed by atoms with Gasteiger partial charge in [0.25, 0.3) is 0 Å². The van der Waals surface area contributed by atoms with Crippen molar-refractivity contribution in [1.29, 1.82) is 0 Å². The minimum absolute atomic E-state index is 0.0719. The molecule has 1 atom stereocenters. The van der Waals surface area contributed by atoms with Crippen molar-refractivity contribution in [3.63, 3.8) is 0 Å². The van der Waals surface area contributed by atoms with E-state index in [4.69, 9.17) is 14.2 Å². The van der Waals surface area contributed by atoms with E-state index in [0.29, 0.717) is 19.3 Å². The van der Waals surface area contributed by atoms with E-state index in [1.807, 2.05) is 0 Å². The number of ether oxygens (including phenoxy) is 3. The number of carbonyl (C=O) groups is 3. The van der Waals surface area contributed by atoms with Gasteiger partial charge < -0.3 is 14.2 Å². The Balaban J connectivity index is 4.02. The number of hydrogen-bond acceptors (Lipinski definition) is 6. The predicted octanol–water partition coefficient (Wildman–Crippen LogP) is 21.4. The minimum Gasteiger partial charge on any atom is -0.462 e. The Morgan fingerprint density at radius 3 is 0.817 bits per heavy atom. The summed E-state index contributed by atoms with van der Waals surface area (Å²) < 4.78 is 16.8. The van der Waals surface area contributed by atoms with Crippen LogP contribution in [-0.2, 0) is 28.6 Å². The Morgan fingerprint density at radius 1 is 0.282 bits per heavy atom. The number of esters is 3. The van der Waals surface area contributed by atoms with Gasteiger partial charge in [0.15, 0.2) is 6.10 Å². The highest BCUT2D eigenvalue weighted by atomic mass is 16.6. The molecular weight excluding hydrogens is 877 g/mol. The molecule has 0 bridgehead atoms. The molecule has 418 valence electrons. The predicted molar refractivity (Wildman–Crippen MR) is 307 cm³/mol. The smallest absolute Gasteiger partial charge is 0.306 e. The Kier molecular flexibility index (Phi) is 58.6. The molecule has 0 radical (unpaired) electrons. The number of rotatable bonds is 59. The van der Waals surface area contributed by atoms with Crippen molar-refractivity contribution in [1.82, 2.24) is 0 Å². The molecule has 0 saturated heterocycles. The summed E-state index contributed by atoms with van der Waals surface area (Å²) in [6.07, 6.45) is 72.2. The largest absolute Gasteiger partial charge is 0.462 e. The fourth-order valence-electron chi connectivity index (χ4n) is 9.64. The molecule has 0 amide bonds. The first-order chi connectivity index (χ1) is 35.0. The molecule has 0 fully saturated rings. The summed E-state index contributed by atoms with van der Waals surface area (Å²) in [6.45, 7) is 6.62. The first-order valence-electron chi connectivity index (χ1n) is 31.8. The lowest BCUT2D eigenvalue weighted by Gasteiger charge is -2.18. The lowest BCUT2D eigenvalue weighted by atomic mass is 10.0. The molecule has 1 unspecified atom stereocenters. The second kappa shape index (κ2) is 60.4. The average molecular weight is 1000 g/mol. The second-order valence-corrected chi connectivity index (χ2v) is 21.7. The van der Waals surface area contributed by atoms with Crippen LogP contribution in [0.2, 0.25) is 0 Å². The second-order valence-electron chi connectivity index (χ2n) is 21.7. The molecule has 0 saturated carbocycles. The Labute approximate surface area is 443 Å². The quantitative estimate of drug-likeness (QED) is 0.0261. The van der Waals surface area contributed by atoms with Crippen LogP contribution in [-0.4, -0.2) is 37.2 Å². The summed E-state index contributed by atoms with van der Waals surface area (Å²) in [6, 6.07) is 0. The van der Waals surface area contributed by atoms with Crippen LogP contribution in [0.25, 0.3) is 0 Å². The molecule has 0 spiro atoms. The highest BCUT2D eigenvalue weighted by Crippen LogP contribution is 2.18. The summed E-state index contributed by atoms with van der Waals surface area (Å²) in [5.41, 5.74) is 0. The van der Waals surface area contributed by atoms with Crippen molar-refractivity contribution in [2.24, 2.45) is 0 Å². The van der Waals surface area contributed by atoms with Gasteiger partial charge in [-0.1, -0.05) is 315 Å². The van der Waals surface area contributed by atoms with Crippen molar-refractivity contribution in [2.45, 2.75) is 361 Å². The molecule has 0 aliphatic heterocycles. The first kappa shape index (κ1) is 68.9. The Bertz CT molecular complexity index is 1150. The van der Waals surface area contributed by atoms with Crippen molar-refractivity contribution < 1.29 is 28.6 Å². The van der Waals surface area contributed by atoms with Gasteiger partial charge in [0, 0.05) is 19.3 Å². The number of allylic oxidation sites excluding steroid dienone is 4. The van der Waals surface area contributed by atoms with E-state index in [0.717, 1.165) is 83.5 Å². The molecule has 71 heavy (non-hydrogen) atoms. The maximum atomic E-state index is 12.8. The van der Waals surface area contributed by atoms with E-state index in [1.54, 1.807) is 0 Å². The van der Waals surface area contributed by atoms with Crippen LogP contribution >= 0.6 is 0 Å². The van der Waals surface area contributed by atoms with Gasteiger partial charge in [-0.15, -0.1) is 0 Å². The minimum atomic E-state index is -0.773. The Hall–Kier alpha value is -2.11. The number of hydrogen-bond donors (Lipinski definition) is 0. The summed E-state index contributed by atoms with van der Waals surface area (Å²) >= 11 is 0. The van der Waals surface area contributed by atoms with E-state index < -0.39 is 6.10 Å². The van der Waals surface area contributed by atoms with E-state index in [-0.39, 0.29) is 31.1 Å². The fraction of sp³-hybridized carbons (Fsp3) is 0.892. The van der Waals surface area contributed by atoms with Crippen molar-refractivity contribution in [3.05, 3.63) is 24.3 Å². The SMILES string of the molecule is CCCC/C=C\C/C=C\CCCCCCCC(=O)OC(COC(=O)CCCCCCCCCCC)COC(=O)CCCCCCCCCCCCCCCCCCCCCCCCCCCCCCCC. The zero-order valence-corrected chi connectivity index (χ0v) is 48.0. The molecule has 0 heterocycles.